The van der Waals surface area contributed by atoms with Crippen LogP contribution in [0.3, 0.4) is 0 Å². The van der Waals surface area contributed by atoms with Gasteiger partial charge in [-0.3, -0.25) is 4.72 Å². The standard InChI is InChI=1S/C12H21N3O3S/c1-3-7-13-8-9-19(16,17)15-11-5-6-12(14-10-11)18-4-2/h5-6,10,13,15H,3-4,7-9H2,1-2H3. The van der Waals surface area contributed by atoms with Crippen molar-refractivity contribution >= 4 is 15.7 Å². The number of pyridine rings is 1. The molecule has 0 aliphatic rings. The Morgan fingerprint density at radius 1 is 1.26 bits per heavy atom. The van der Waals surface area contributed by atoms with E-state index in [1.54, 1.807) is 12.1 Å². The first kappa shape index (κ1) is 15.7. The van der Waals surface area contributed by atoms with E-state index in [2.05, 4.69) is 15.0 Å². The molecule has 0 saturated heterocycles. The first-order chi connectivity index (χ1) is 9.07. The zero-order valence-electron chi connectivity index (χ0n) is 11.3. The molecule has 0 spiro atoms. The van der Waals surface area contributed by atoms with Crippen molar-refractivity contribution in [2.24, 2.45) is 0 Å². The van der Waals surface area contributed by atoms with Crippen molar-refractivity contribution in [2.75, 3.05) is 30.2 Å². The van der Waals surface area contributed by atoms with Crippen molar-refractivity contribution < 1.29 is 13.2 Å². The van der Waals surface area contributed by atoms with Crippen molar-refractivity contribution in [3.05, 3.63) is 18.3 Å². The van der Waals surface area contributed by atoms with Gasteiger partial charge in [0.05, 0.1) is 24.2 Å². The molecule has 0 aliphatic carbocycles. The van der Waals surface area contributed by atoms with Crippen molar-refractivity contribution in [1.82, 2.24) is 10.3 Å². The topological polar surface area (TPSA) is 80.3 Å². The fourth-order valence-corrected chi connectivity index (χ4v) is 2.41. The van der Waals surface area contributed by atoms with Gasteiger partial charge in [0.2, 0.25) is 15.9 Å². The van der Waals surface area contributed by atoms with Crippen LogP contribution in [0.25, 0.3) is 0 Å². The summed E-state index contributed by atoms with van der Waals surface area (Å²) in [5.74, 6) is 0.523. The molecule has 0 fully saturated rings. The van der Waals surface area contributed by atoms with E-state index < -0.39 is 10.0 Å². The minimum absolute atomic E-state index is 0.0419. The molecule has 0 unspecified atom stereocenters. The van der Waals surface area contributed by atoms with Gasteiger partial charge in [-0.15, -0.1) is 0 Å². The lowest BCUT2D eigenvalue weighted by Crippen LogP contribution is -2.27. The Kier molecular flexibility index (Phi) is 6.58. The molecule has 0 bridgehead atoms. The van der Waals surface area contributed by atoms with Crippen LogP contribution >= 0.6 is 0 Å². The Morgan fingerprint density at radius 2 is 2.05 bits per heavy atom. The number of ether oxygens (including phenoxy) is 1. The number of aromatic nitrogens is 1. The van der Waals surface area contributed by atoms with Gasteiger partial charge in [0.15, 0.2) is 0 Å². The number of hydrogen-bond donors (Lipinski definition) is 2. The largest absolute Gasteiger partial charge is 0.478 e. The minimum Gasteiger partial charge on any atom is -0.478 e. The third-order valence-corrected chi connectivity index (χ3v) is 3.56. The van der Waals surface area contributed by atoms with Gasteiger partial charge in [-0.25, -0.2) is 13.4 Å². The van der Waals surface area contributed by atoms with Crippen LogP contribution in [0.4, 0.5) is 5.69 Å². The van der Waals surface area contributed by atoms with Crippen LogP contribution in [0.2, 0.25) is 0 Å². The summed E-state index contributed by atoms with van der Waals surface area (Å²) < 4.78 is 31.2. The van der Waals surface area contributed by atoms with Gasteiger partial charge in [-0.05, 0) is 26.0 Å². The third kappa shape index (κ3) is 6.40. The molecule has 2 N–H and O–H groups in total. The molecule has 0 aliphatic heterocycles. The second kappa shape index (κ2) is 7.96. The Balaban J connectivity index is 2.48. The minimum atomic E-state index is -3.33. The predicted molar refractivity (Wildman–Crippen MR) is 76.0 cm³/mol. The average Bonchev–Trinajstić information content (AvgIpc) is 2.37. The lowest BCUT2D eigenvalue weighted by molar-refractivity contribution is 0.327. The average molecular weight is 287 g/mol. The maximum atomic E-state index is 11.8. The lowest BCUT2D eigenvalue weighted by atomic mass is 10.4. The monoisotopic (exact) mass is 287 g/mol. The molecule has 1 rings (SSSR count). The van der Waals surface area contributed by atoms with Gasteiger partial charge in [0.25, 0.3) is 0 Å². The summed E-state index contributed by atoms with van der Waals surface area (Å²) in [6, 6.07) is 3.27. The summed E-state index contributed by atoms with van der Waals surface area (Å²) in [4.78, 5) is 4.00. The first-order valence-corrected chi connectivity index (χ1v) is 8.02. The van der Waals surface area contributed by atoms with Crippen molar-refractivity contribution in [1.29, 1.82) is 0 Å². The molecule has 0 atom stereocenters. The zero-order valence-corrected chi connectivity index (χ0v) is 12.2. The van der Waals surface area contributed by atoms with E-state index in [9.17, 15) is 8.42 Å². The van der Waals surface area contributed by atoms with Crippen LogP contribution in [0, 0.1) is 0 Å². The van der Waals surface area contributed by atoms with E-state index in [1.807, 2.05) is 13.8 Å². The molecular formula is C12H21N3O3S. The SMILES string of the molecule is CCCNCCS(=O)(=O)Nc1ccc(OCC)nc1. The summed E-state index contributed by atoms with van der Waals surface area (Å²) in [6.07, 6.45) is 2.43. The molecule has 0 amide bonds. The molecule has 19 heavy (non-hydrogen) atoms. The van der Waals surface area contributed by atoms with Gasteiger partial charge < -0.3 is 10.1 Å². The van der Waals surface area contributed by atoms with Crippen molar-refractivity contribution in [2.45, 2.75) is 20.3 Å². The summed E-state index contributed by atoms with van der Waals surface area (Å²) in [6.45, 7) is 5.68. The molecule has 1 aromatic rings. The zero-order chi connectivity index (χ0) is 14.1. The van der Waals surface area contributed by atoms with Gasteiger partial charge in [-0.2, -0.15) is 0 Å². The van der Waals surface area contributed by atoms with Crippen LogP contribution < -0.4 is 14.8 Å². The predicted octanol–water partition coefficient (Wildman–Crippen LogP) is 1.22. The number of nitrogens with one attached hydrogen (secondary N) is 2. The van der Waals surface area contributed by atoms with Crippen molar-refractivity contribution in [3.8, 4) is 5.88 Å². The first-order valence-electron chi connectivity index (χ1n) is 6.37. The Bertz CT molecular complexity index is 460. The van der Waals surface area contributed by atoms with Crippen LogP contribution in [-0.2, 0) is 10.0 Å². The maximum Gasteiger partial charge on any atom is 0.234 e. The fraction of sp³-hybridized carbons (Fsp3) is 0.583. The molecule has 0 saturated carbocycles. The van der Waals surface area contributed by atoms with Gasteiger partial charge in [-0.1, -0.05) is 6.92 Å². The highest BCUT2D eigenvalue weighted by atomic mass is 32.2. The number of rotatable bonds is 9. The van der Waals surface area contributed by atoms with Gasteiger partial charge >= 0.3 is 0 Å². The number of hydrogen-bond acceptors (Lipinski definition) is 5. The van der Waals surface area contributed by atoms with Crippen LogP contribution in [0.15, 0.2) is 18.3 Å². The molecule has 1 aromatic heterocycles. The van der Waals surface area contributed by atoms with E-state index in [0.29, 0.717) is 24.7 Å². The summed E-state index contributed by atoms with van der Waals surface area (Å²) in [5, 5.41) is 3.05. The van der Waals surface area contributed by atoms with Crippen LogP contribution in [0.1, 0.15) is 20.3 Å². The molecule has 6 nitrogen and oxygen atoms in total. The summed E-state index contributed by atoms with van der Waals surface area (Å²) in [7, 11) is -3.33. The molecule has 0 radical (unpaired) electrons. The molecule has 1 heterocycles. The fourth-order valence-electron chi connectivity index (χ4n) is 1.41. The Hall–Kier alpha value is -1.34. The van der Waals surface area contributed by atoms with Crippen LogP contribution in [-0.4, -0.2) is 38.9 Å². The highest BCUT2D eigenvalue weighted by molar-refractivity contribution is 7.92. The van der Waals surface area contributed by atoms with E-state index in [-0.39, 0.29) is 5.75 Å². The number of nitrogens with zero attached hydrogens (tertiary/aromatic N) is 1. The van der Waals surface area contributed by atoms with E-state index >= 15 is 0 Å². The quantitative estimate of drug-likeness (QED) is 0.668. The lowest BCUT2D eigenvalue weighted by Gasteiger charge is -2.09. The van der Waals surface area contributed by atoms with Crippen LogP contribution in [0.5, 0.6) is 5.88 Å². The summed E-state index contributed by atoms with van der Waals surface area (Å²) in [5.41, 5.74) is 0.443. The molecule has 0 aromatic carbocycles. The van der Waals surface area contributed by atoms with E-state index in [0.717, 1.165) is 13.0 Å². The molecule has 108 valence electrons. The summed E-state index contributed by atoms with van der Waals surface area (Å²) >= 11 is 0. The molecule has 7 heteroatoms. The number of sulfonamides is 1. The Labute approximate surface area is 114 Å². The van der Waals surface area contributed by atoms with Crippen molar-refractivity contribution in [3.63, 3.8) is 0 Å². The van der Waals surface area contributed by atoms with E-state index in [1.165, 1.54) is 6.20 Å². The molecular weight excluding hydrogens is 266 g/mol. The highest BCUT2D eigenvalue weighted by Crippen LogP contribution is 2.12. The third-order valence-electron chi connectivity index (χ3n) is 2.28. The second-order valence-electron chi connectivity index (χ2n) is 3.99. The maximum absolute atomic E-state index is 11.8. The normalized spacial score (nSPS) is 11.3. The smallest absolute Gasteiger partial charge is 0.234 e. The number of anilines is 1. The van der Waals surface area contributed by atoms with Gasteiger partial charge in [0.1, 0.15) is 0 Å². The second-order valence-corrected chi connectivity index (χ2v) is 5.83. The highest BCUT2D eigenvalue weighted by Gasteiger charge is 2.10. The Morgan fingerprint density at radius 3 is 2.63 bits per heavy atom. The van der Waals surface area contributed by atoms with E-state index in [4.69, 9.17) is 4.74 Å². The van der Waals surface area contributed by atoms with Gasteiger partial charge in [0, 0.05) is 12.6 Å².